The van der Waals surface area contributed by atoms with Crippen LogP contribution in [0, 0.1) is 5.92 Å². The second-order valence-electron chi connectivity index (χ2n) is 2.98. The maximum absolute atomic E-state index is 5.54. The summed E-state index contributed by atoms with van der Waals surface area (Å²) >= 11 is 5.54. The summed E-state index contributed by atoms with van der Waals surface area (Å²) in [5, 5.41) is 0. The first-order valence-electron chi connectivity index (χ1n) is 4.02. The summed E-state index contributed by atoms with van der Waals surface area (Å²) in [7, 11) is 0.404. The van der Waals surface area contributed by atoms with Gasteiger partial charge >= 0.3 is 0 Å². The summed E-state index contributed by atoms with van der Waals surface area (Å²) in [6.07, 6.45) is 7.12. The summed E-state index contributed by atoms with van der Waals surface area (Å²) in [6.45, 7) is 1.14. The zero-order valence-corrected chi connectivity index (χ0v) is 7.95. The average molecular weight is 176 g/mol. The van der Waals surface area contributed by atoms with Crippen molar-refractivity contribution in [3.05, 3.63) is 0 Å². The van der Waals surface area contributed by atoms with E-state index in [2.05, 4.69) is 4.98 Å². The van der Waals surface area contributed by atoms with Gasteiger partial charge in [0.05, 0.1) is 0 Å². The van der Waals surface area contributed by atoms with Crippen molar-refractivity contribution in [2.75, 3.05) is 6.54 Å². The molecule has 0 unspecified atom stereocenters. The molecule has 0 atom stereocenters. The first-order valence-corrected chi connectivity index (χ1v) is 6.03. The van der Waals surface area contributed by atoms with Crippen LogP contribution in [0.15, 0.2) is 0 Å². The highest BCUT2D eigenvalue weighted by atomic mass is 35.6. The fourth-order valence-corrected chi connectivity index (χ4v) is 2.17. The average Bonchev–Trinajstić information content (AvgIpc) is 2.03. The third-order valence-electron chi connectivity index (χ3n) is 2.18. The van der Waals surface area contributed by atoms with Crippen LogP contribution in [-0.2, 0) is 0 Å². The highest BCUT2D eigenvalue weighted by Crippen LogP contribution is 2.22. The van der Waals surface area contributed by atoms with Gasteiger partial charge in [-0.15, -0.1) is 11.1 Å². The van der Waals surface area contributed by atoms with Crippen molar-refractivity contribution in [1.29, 1.82) is 0 Å². The molecule has 10 heavy (non-hydrogen) atoms. The molecule has 0 amide bonds. The molecule has 1 aliphatic carbocycles. The summed E-state index contributed by atoms with van der Waals surface area (Å²) < 4.78 is 0. The normalized spacial score (nSPS) is 21.3. The van der Waals surface area contributed by atoms with Crippen LogP contribution in [0.1, 0.15) is 32.1 Å². The number of rotatable bonds is 3. The zero-order chi connectivity index (χ0) is 7.23. The molecule has 2 radical (unpaired) electrons. The van der Waals surface area contributed by atoms with Gasteiger partial charge in [-0.25, -0.2) is 0 Å². The molecule has 1 fully saturated rings. The fourth-order valence-electron chi connectivity index (χ4n) is 1.57. The van der Waals surface area contributed by atoms with E-state index in [-0.39, 0.29) is 0 Å². The molecule has 0 aliphatic heterocycles. The minimum absolute atomic E-state index is 0.404. The van der Waals surface area contributed by atoms with Gasteiger partial charge in [-0.2, -0.15) is 0 Å². The van der Waals surface area contributed by atoms with Gasteiger partial charge in [-0.3, -0.25) is 0 Å². The van der Waals surface area contributed by atoms with E-state index >= 15 is 0 Å². The van der Waals surface area contributed by atoms with Crippen molar-refractivity contribution >= 4 is 20.1 Å². The largest absolute Gasteiger partial charge is 0.326 e. The topological polar surface area (TPSA) is 12.0 Å². The molecule has 0 aromatic heterocycles. The molecule has 0 bridgehead atoms. The molecule has 1 rings (SSSR count). The molecule has 1 saturated carbocycles. The van der Waals surface area contributed by atoms with Crippen molar-refractivity contribution in [2.45, 2.75) is 32.1 Å². The van der Waals surface area contributed by atoms with Gasteiger partial charge < -0.3 is 4.98 Å². The van der Waals surface area contributed by atoms with E-state index in [4.69, 9.17) is 11.1 Å². The highest BCUT2D eigenvalue weighted by molar-refractivity contribution is 6.92. The zero-order valence-electron chi connectivity index (χ0n) is 6.20. The van der Waals surface area contributed by atoms with Gasteiger partial charge in [0.1, 0.15) is 0 Å². The SMILES string of the molecule is Cl[Si]NCC1CCCCC1. The molecule has 0 saturated heterocycles. The molecular weight excluding hydrogens is 162 g/mol. The summed E-state index contributed by atoms with van der Waals surface area (Å²) in [4.78, 5) is 3.21. The Morgan fingerprint density at radius 2 is 2.00 bits per heavy atom. The molecule has 58 valence electrons. The number of hydrogen-bond donors (Lipinski definition) is 1. The molecule has 1 N–H and O–H groups in total. The van der Waals surface area contributed by atoms with Gasteiger partial charge in [0, 0.05) is 0 Å². The Morgan fingerprint density at radius 1 is 1.30 bits per heavy atom. The van der Waals surface area contributed by atoms with Crippen LogP contribution >= 0.6 is 11.1 Å². The molecule has 0 heterocycles. The maximum Gasteiger partial charge on any atom is 0.270 e. The van der Waals surface area contributed by atoms with E-state index in [1.165, 1.54) is 32.1 Å². The van der Waals surface area contributed by atoms with Gasteiger partial charge in [-0.1, -0.05) is 19.3 Å². The van der Waals surface area contributed by atoms with E-state index < -0.39 is 0 Å². The van der Waals surface area contributed by atoms with Crippen molar-refractivity contribution in [2.24, 2.45) is 5.92 Å². The minimum Gasteiger partial charge on any atom is -0.326 e. The lowest BCUT2D eigenvalue weighted by Crippen LogP contribution is -2.25. The fraction of sp³-hybridized carbons (Fsp3) is 1.00. The van der Waals surface area contributed by atoms with Gasteiger partial charge in [0.2, 0.25) is 0 Å². The third kappa shape index (κ3) is 3.04. The van der Waals surface area contributed by atoms with Crippen molar-refractivity contribution in [3.63, 3.8) is 0 Å². The molecule has 0 spiro atoms. The second-order valence-corrected chi connectivity index (χ2v) is 4.09. The molecular formula is C7H14ClNSi. The van der Waals surface area contributed by atoms with E-state index in [9.17, 15) is 0 Å². The number of halogens is 1. The van der Waals surface area contributed by atoms with E-state index in [0.717, 1.165) is 12.5 Å². The monoisotopic (exact) mass is 175 g/mol. The van der Waals surface area contributed by atoms with Gasteiger partial charge in [0.15, 0.2) is 0 Å². The Labute approximate surface area is 70.1 Å². The standard InChI is InChI=1S/C7H14ClNSi/c8-10-9-6-7-4-2-1-3-5-7/h7,9H,1-6H2. The van der Waals surface area contributed by atoms with Crippen LogP contribution in [-0.4, -0.2) is 15.5 Å². The summed E-state index contributed by atoms with van der Waals surface area (Å²) in [5.74, 6) is 0.917. The molecule has 0 aromatic rings. The Bertz CT molecular complexity index is 83.7. The lowest BCUT2D eigenvalue weighted by atomic mass is 9.90. The third-order valence-corrected chi connectivity index (χ3v) is 2.92. The first-order chi connectivity index (χ1) is 4.93. The van der Waals surface area contributed by atoms with Crippen LogP contribution in [0.3, 0.4) is 0 Å². The first kappa shape index (κ1) is 8.56. The molecule has 0 aromatic carbocycles. The van der Waals surface area contributed by atoms with Crippen LogP contribution in [0.5, 0.6) is 0 Å². The minimum atomic E-state index is 0.404. The maximum atomic E-state index is 5.54. The Kier molecular flexibility index (Phi) is 4.42. The quantitative estimate of drug-likeness (QED) is 0.511. The summed E-state index contributed by atoms with van der Waals surface area (Å²) in [6, 6.07) is 0. The predicted molar refractivity (Wildman–Crippen MR) is 46.2 cm³/mol. The number of nitrogens with one attached hydrogen (secondary N) is 1. The van der Waals surface area contributed by atoms with Gasteiger partial charge in [-0.05, 0) is 25.3 Å². The number of hydrogen-bond acceptors (Lipinski definition) is 1. The van der Waals surface area contributed by atoms with Crippen LogP contribution in [0.4, 0.5) is 0 Å². The van der Waals surface area contributed by atoms with Crippen molar-refractivity contribution in [1.82, 2.24) is 4.98 Å². The summed E-state index contributed by atoms with van der Waals surface area (Å²) in [5.41, 5.74) is 0. The van der Waals surface area contributed by atoms with E-state index in [1.807, 2.05) is 0 Å². The second kappa shape index (κ2) is 5.16. The van der Waals surface area contributed by atoms with Crippen LogP contribution in [0.2, 0.25) is 0 Å². The van der Waals surface area contributed by atoms with Crippen molar-refractivity contribution in [3.8, 4) is 0 Å². The van der Waals surface area contributed by atoms with E-state index in [0.29, 0.717) is 8.99 Å². The Hall–Kier alpha value is 0.467. The Morgan fingerprint density at radius 3 is 2.60 bits per heavy atom. The highest BCUT2D eigenvalue weighted by Gasteiger charge is 2.11. The van der Waals surface area contributed by atoms with Crippen LogP contribution in [0.25, 0.3) is 0 Å². The van der Waals surface area contributed by atoms with Crippen LogP contribution < -0.4 is 4.98 Å². The van der Waals surface area contributed by atoms with Crippen molar-refractivity contribution < 1.29 is 0 Å². The predicted octanol–water partition coefficient (Wildman–Crippen LogP) is 1.93. The van der Waals surface area contributed by atoms with E-state index in [1.54, 1.807) is 0 Å². The lowest BCUT2D eigenvalue weighted by Gasteiger charge is -2.20. The smallest absolute Gasteiger partial charge is 0.270 e. The Balaban J connectivity index is 2.02. The molecule has 1 nitrogen and oxygen atoms in total. The molecule has 1 aliphatic rings. The lowest BCUT2D eigenvalue weighted by molar-refractivity contribution is 0.359. The molecule has 3 heteroatoms. The van der Waals surface area contributed by atoms with Gasteiger partial charge in [0.25, 0.3) is 8.99 Å².